The van der Waals surface area contributed by atoms with E-state index in [-0.39, 0.29) is 0 Å². The predicted molar refractivity (Wildman–Crippen MR) is 58.9 cm³/mol. The third-order valence-corrected chi connectivity index (χ3v) is 3.44. The lowest BCUT2D eigenvalue weighted by atomic mass is 9.78. The van der Waals surface area contributed by atoms with E-state index in [0.717, 1.165) is 12.5 Å². The number of aliphatic imine (C=N–C) groups is 1. The number of benzene rings is 1. The molecule has 3 rings (SSSR count). The number of hydrogen-bond acceptors (Lipinski definition) is 1. The lowest BCUT2D eigenvalue weighted by Crippen LogP contribution is -2.26. The summed E-state index contributed by atoms with van der Waals surface area (Å²) in [5, 5.41) is 0. The smallest absolute Gasteiger partial charge is 0.0454 e. The van der Waals surface area contributed by atoms with Gasteiger partial charge < -0.3 is 0 Å². The molecule has 1 nitrogen and oxygen atoms in total. The van der Waals surface area contributed by atoms with Crippen LogP contribution in [0.3, 0.4) is 0 Å². The molecule has 1 atom stereocenters. The highest BCUT2D eigenvalue weighted by Crippen LogP contribution is 2.31. The summed E-state index contributed by atoms with van der Waals surface area (Å²) in [7, 11) is 0. The van der Waals surface area contributed by atoms with Crippen LogP contribution in [0.1, 0.15) is 30.4 Å². The Balaban J connectivity index is 2.11. The minimum atomic E-state index is 0.763. The van der Waals surface area contributed by atoms with Gasteiger partial charge in [0.05, 0.1) is 0 Å². The van der Waals surface area contributed by atoms with E-state index in [4.69, 9.17) is 4.99 Å². The number of fused-ring (bicyclic) bond motifs is 3. The van der Waals surface area contributed by atoms with Gasteiger partial charge in [0.2, 0.25) is 0 Å². The van der Waals surface area contributed by atoms with Crippen LogP contribution in [0.4, 0.5) is 0 Å². The van der Waals surface area contributed by atoms with Gasteiger partial charge in [-0.1, -0.05) is 24.3 Å². The summed E-state index contributed by atoms with van der Waals surface area (Å²) in [6.07, 6.45) is 5.21. The second kappa shape index (κ2) is 3.23. The third-order valence-electron chi connectivity index (χ3n) is 3.44. The Bertz CT molecular complexity index is 379. The zero-order valence-electron chi connectivity index (χ0n) is 8.37. The van der Waals surface area contributed by atoms with Crippen LogP contribution in [-0.4, -0.2) is 12.3 Å². The van der Waals surface area contributed by atoms with Crippen molar-refractivity contribution in [1.82, 2.24) is 0 Å². The lowest BCUT2D eigenvalue weighted by Gasteiger charge is -2.29. The molecule has 1 aliphatic heterocycles. The van der Waals surface area contributed by atoms with Gasteiger partial charge in [-0.2, -0.15) is 0 Å². The quantitative estimate of drug-likeness (QED) is 0.589. The Morgan fingerprint density at radius 1 is 1.14 bits per heavy atom. The van der Waals surface area contributed by atoms with Crippen LogP contribution in [0, 0.1) is 5.92 Å². The molecule has 0 unspecified atom stereocenters. The van der Waals surface area contributed by atoms with E-state index in [1.807, 2.05) is 0 Å². The fraction of sp³-hybridized carbons (Fsp3) is 0.462. The van der Waals surface area contributed by atoms with E-state index >= 15 is 0 Å². The molecule has 0 bridgehead atoms. The van der Waals surface area contributed by atoms with Crippen LogP contribution in [0.15, 0.2) is 29.3 Å². The van der Waals surface area contributed by atoms with Gasteiger partial charge in [-0.15, -0.1) is 0 Å². The van der Waals surface area contributed by atoms with Crippen LogP contribution >= 0.6 is 0 Å². The molecule has 0 fully saturated rings. The molecule has 72 valence electrons. The monoisotopic (exact) mass is 185 g/mol. The minimum Gasteiger partial charge on any atom is -0.289 e. The van der Waals surface area contributed by atoms with E-state index in [0.29, 0.717) is 0 Å². The first-order valence-electron chi connectivity index (χ1n) is 5.58. The van der Waals surface area contributed by atoms with E-state index in [9.17, 15) is 0 Å². The molecule has 0 spiro atoms. The summed E-state index contributed by atoms with van der Waals surface area (Å²) in [5.41, 5.74) is 4.34. The summed E-state index contributed by atoms with van der Waals surface area (Å²) in [6, 6.07) is 8.77. The lowest BCUT2D eigenvalue weighted by molar-refractivity contribution is 0.521. The molecule has 1 aromatic rings. The summed E-state index contributed by atoms with van der Waals surface area (Å²) in [6.45, 7) is 1.04. The number of hydrogen-bond donors (Lipinski definition) is 0. The summed E-state index contributed by atoms with van der Waals surface area (Å²) >= 11 is 0. The average molecular weight is 185 g/mol. The van der Waals surface area contributed by atoms with Crippen LogP contribution in [-0.2, 0) is 6.42 Å². The molecular weight excluding hydrogens is 170 g/mol. The number of nitrogens with zero attached hydrogens (tertiary/aromatic N) is 1. The first-order valence-corrected chi connectivity index (χ1v) is 5.58. The third kappa shape index (κ3) is 1.19. The van der Waals surface area contributed by atoms with Crippen molar-refractivity contribution in [1.29, 1.82) is 0 Å². The molecule has 0 N–H and O–H groups in total. The van der Waals surface area contributed by atoms with Crippen LogP contribution < -0.4 is 0 Å². The van der Waals surface area contributed by atoms with Crippen molar-refractivity contribution in [2.75, 3.05) is 6.54 Å². The Morgan fingerprint density at radius 2 is 2.07 bits per heavy atom. The maximum Gasteiger partial charge on any atom is 0.0454 e. The molecule has 1 heteroatoms. The van der Waals surface area contributed by atoms with Gasteiger partial charge in [0.1, 0.15) is 0 Å². The first-order chi connectivity index (χ1) is 6.95. The second-order valence-corrected chi connectivity index (χ2v) is 4.30. The number of aryl methyl sites for hydroxylation is 1. The Kier molecular flexibility index (Phi) is 1.90. The van der Waals surface area contributed by atoms with E-state index < -0.39 is 0 Å². The maximum atomic E-state index is 4.71. The molecule has 1 heterocycles. The van der Waals surface area contributed by atoms with Gasteiger partial charge in [-0.3, -0.25) is 4.99 Å². The van der Waals surface area contributed by atoms with Crippen molar-refractivity contribution in [3.05, 3.63) is 35.4 Å². The largest absolute Gasteiger partial charge is 0.289 e. The SMILES string of the molecule is c1ccc2c(c1)CC[C@@H]1CCCN=C21. The fourth-order valence-electron chi connectivity index (χ4n) is 2.71. The summed E-state index contributed by atoms with van der Waals surface area (Å²) in [5.74, 6) is 0.763. The van der Waals surface area contributed by atoms with Crippen molar-refractivity contribution in [2.24, 2.45) is 10.9 Å². The van der Waals surface area contributed by atoms with Crippen molar-refractivity contribution in [2.45, 2.75) is 25.7 Å². The van der Waals surface area contributed by atoms with Gasteiger partial charge in [0.15, 0.2) is 0 Å². The van der Waals surface area contributed by atoms with E-state index in [2.05, 4.69) is 24.3 Å². The molecule has 1 aliphatic carbocycles. The van der Waals surface area contributed by atoms with Crippen molar-refractivity contribution >= 4 is 5.71 Å². The molecule has 14 heavy (non-hydrogen) atoms. The topological polar surface area (TPSA) is 12.4 Å². The first kappa shape index (κ1) is 8.22. The van der Waals surface area contributed by atoms with Crippen LogP contribution in [0.25, 0.3) is 0 Å². The molecule has 2 aliphatic rings. The average Bonchev–Trinajstić information content (AvgIpc) is 2.29. The normalized spacial score (nSPS) is 24.9. The molecule has 0 amide bonds. The van der Waals surface area contributed by atoms with Crippen molar-refractivity contribution in [3.63, 3.8) is 0 Å². The van der Waals surface area contributed by atoms with Gasteiger partial charge >= 0.3 is 0 Å². The summed E-state index contributed by atoms with van der Waals surface area (Å²) in [4.78, 5) is 4.71. The molecule has 0 aromatic heterocycles. The Labute approximate surface area is 84.9 Å². The fourth-order valence-corrected chi connectivity index (χ4v) is 2.71. The molecule has 0 saturated heterocycles. The highest BCUT2D eigenvalue weighted by Gasteiger charge is 2.26. The van der Waals surface area contributed by atoms with Crippen molar-refractivity contribution < 1.29 is 0 Å². The molecule has 0 saturated carbocycles. The van der Waals surface area contributed by atoms with Gasteiger partial charge in [-0.25, -0.2) is 0 Å². The van der Waals surface area contributed by atoms with E-state index in [1.165, 1.54) is 42.5 Å². The molecule has 0 radical (unpaired) electrons. The molecular formula is C13H15N. The van der Waals surface area contributed by atoms with Gasteiger partial charge in [0, 0.05) is 18.2 Å². The maximum absolute atomic E-state index is 4.71. The highest BCUT2D eigenvalue weighted by molar-refractivity contribution is 6.04. The second-order valence-electron chi connectivity index (χ2n) is 4.30. The predicted octanol–water partition coefficient (Wildman–Crippen LogP) is 2.83. The zero-order valence-corrected chi connectivity index (χ0v) is 8.37. The Morgan fingerprint density at radius 3 is 3.07 bits per heavy atom. The highest BCUT2D eigenvalue weighted by atomic mass is 14.8. The summed E-state index contributed by atoms with van der Waals surface area (Å²) < 4.78 is 0. The Hall–Kier alpha value is -1.11. The van der Waals surface area contributed by atoms with Gasteiger partial charge in [0.25, 0.3) is 0 Å². The van der Waals surface area contributed by atoms with Gasteiger partial charge in [-0.05, 0) is 36.8 Å². The zero-order chi connectivity index (χ0) is 9.38. The standard InChI is InChI=1S/C13H15N/c1-2-6-12-10(4-1)7-8-11-5-3-9-14-13(11)12/h1-2,4,6,11H,3,5,7-9H2/t11-/m0/s1. The van der Waals surface area contributed by atoms with Crippen LogP contribution in [0.5, 0.6) is 0 Å². The van der Waals surface area contributed by atoms with Crippen molar-refractivity contribution in [3.8, 4) is 0 Å². The molecule has 1 aromatic carbocycles. The van der Waals surface area contributed by atoms with Crippen LogP contribution in [0.2, 0.25) is 0 Å². The number of rotatable bonds is 0. The minimum absolute atomic E-state index is 0.763. The van der Waals surface area contributed by atoms with E-state index in [1.54, 1.807) is 0 Å².